The third-order valence-corrected chi connectivity index (χ3v) is 5.68. The number of para-hydroxylation sites is 1. The largest absolute Gasteiger partial charge is 0.496 e. The molecule has 0 unspecified atom stereocenters. The van der Waals surface area contributed by atoms with E-state index in [4.69, 9.17) is 4.74 Å². The number of hydrogen-bond donors (Lipinski definition) is 2. The van der Waals surface area contributed by atoms with Gasteiger partial charge in [-0.15, -0.1) is 0 Å². The van der Waals surface area contributed by atoms with Crippen molar-refractivity contribution >= 4 is 29.3 Å². The summed E-state index contributed by atoms with van der Waals surface area (Å²) in [5, 5.41) is 5.59. The molecule has 4 rings (SSSR count). The highest BCUT2D eigenvalue weighted by Gasteiger charge is 2.35. The molecular formula is C27H25N3O5. The van der Waals surface area contributed by atoms with E-state index in [2.05, 4.69) is 10.6 Å². The lowest BCUT2D eigenvalue weighted by Crippen LogP contribution is -2.29. The first-order valence-electron chi connectivity index (χ1n) is 11.2. The van der Waals surface area contributed by atoms with Crippen LogP contribution in [0.5, 0.6) is 5.75 Å². The van der Waals surface area contributed by atoms with Gasteiger partial charge in [0.2, 0.25) is 0 Å². The minimum Gasteiger partial charge on any atom is -0.496 e. The van der Waals surface area contributed by atoms with Crippen LogP contribution in [0, 0.1) is 0 Å². The highest BCUT2D eigenvalue weighted by molar-refractivity contribution is 6.21. The van der Waals surface area contributed by atoms with Crippen molar-refractivity contribution in [2.45, 2.75) is 19.9 Å². The van der Waals surface area contributed by atoms with Gasteiger partial charge in [0.25, 0.3) is 23.6 Å². The van der Waals surface area contributed by atoms with Crippen molar-refractivity contribution in [1.29, 1.82) is 0 Å². The maximum Gasteiger partial charge on any atom is 0.261 e. The third-order valence-electron chi connectivity index (χ3n) is 5.68. The van der Waals surface area contributed by atoms with Crippen LogP contribution in [0.15, 0.2) is 66.7 Å². The van der Waals surface area contributed by atoms with Crippen molar-refractivity contribution in [3.8, 4) is 5.75 Å². The summed E-state index contributed by atoms with van der Waals surface area (Å²) in [6, 6.07) is 18.3. The summed E-state index contributed by atoms with van der Waals surface area (Å²) in [5.41, 5.74) is 2.23. The number of anilines is 1. The lowest BCUT2D eigenvalue weighted by molar-refractivity contribution is 0.0642. The van der Waals surface area contributed by atoms with E-state index in [1.54, 1.807) is 66.7 Å². The molecule has 3 aromatic rings. The molecule has 35 heavy (non-hydrogen) atoms. The number of methoxy groups -OCH3 is 1. The van der Waals surface area contributed by atoms with Gasteiger partial charge in [-0.1, -0.05) is 37.3 Å². The number of benzene rings is 3. The highest BCUT2D eigenvalue weighted by atomic mass is 16.5. The maximum absolute atomic E-state index is 13.2. The number of rotatable bonds is 8. The average Bonchev–Trinajstić information content (AvgIpc) is 3.12. The average molecular weight is 472 g/mol. The van der Waals surface area contributed by atoms with Crippen molar-refractivity contribution in [1.82, 2.24) is 10.2 Å². The second-order valence-electron chi connectivity index (χ2n) is 8.03. The molecule has 0 saturated heterocycles. The Balaban J connectivity index is 1.58. The number of hydrogen-bond acceptors (Lipinski definition) is 5. The number of carbonyl (C=O) groups is 4. The second-order valence-corrected chi connectivity index (χ2v) is 8.03. The van der Waals surface area contributed by atoms with Crippen LogP contribution < -0.4 is 15.4 Å². The van der Waals surface area contributed by atoms with Crippen LogP contribution in [0.3, 0.4) is 0 Å². The third kappa shape index (κ3) is 4.77. The Hall–Kier alpha value is -4.46. The first-order chi connectivity index (χ1) is 16.9. The monoisotopic (exact) mass is 471 g/mol. The Morgan fingerprint density at radius 3 is 2.17 bits per heavy atom. The van der Waals surface area contributed by atoms with Gasteiger partial charge in [0, 0.05) is 6.54 Å². The van der Waals surface area contributed by atoms with Gasteiger partial charge in [0.15, 0.2) is 0 Å². The number of nitrogens with one attached hydrogen (secondary N) is 2. The minimum atomic E-state index is -0.484. The SMILES string of the molecule is CCCNC(=O)c1ccccc1NC(=O)c1cc(CN2C(=O)c3ccccc3C2=O)ccc1OC. The van der Waals surface area contributed by atoms with E-state index < -0.39 is 5.91 Å². The zero-order valence-corrected chi connectivity index (χ0v) is 19.5. The van der Waals surface area contributed by atoms with Crippen molar-refractivity contribution in [2.75, 3.05) is 19.0 Å². The van der Waals surface area contributed by atoms with Gasteiger partial charge in [-0.05, 0) is 48.4 Å². The summed E-state index contributed by atoms with van der Waals surface area (Å²) in [7, 11) is 1.45. The summed E-state index contributed by atoms with van der Waals surface area (Å²) in [4.78, 5) is 52.3. The van der Waals surface area contributed by atoms with Gasteiger partial charge in [0.05, 0.1) is 41.6 Å². The first kappa shape index (κ1) is 23.7. The molecule has 178 valence electrons. The van der Waals surface area contributed by atoms with Crippen molar-refractivity contribution in [3.05, 3.63) is 94.5 Å². The zero-order valence-electron chi connectivity index (χ0n) is 19.5. The zero-order chi connectivity index (χ0) is 24.9. The number of ether oxygens (including phenoxy) is 1. The van der Waals surface area contributed by atoms with Crippen LogP contribution >= 0.6 is 0 Å². The molecule has 0 spiro atoms. The Kier molecular flexibility index (Phi) is 6.91. The fourth-order valence-corrected chi connectivity index (χ4v) is 3.91. The van der Waals surface area contributed by atoms with Gasteiger partial charge < -0.3 is 15.4 Å². The summed E-state index contributed by atoms with van der Waals surface area (Å²) in [6.45, 7) is 2.48. The minimum absolute atomic E-state index is 0.00658. The van der Waals surface area contributed by atoms with E-state index in [9.17, 15) is 19.2 Å². The van der Waals surface area contributed by atoms with E-state index in [1.165, 1.54) is 7.11 Å². The number of imide groups is 1. The molecule has 8 heteroatoms. The summed E-state index contributed by atoms with van der Waals surface area (Å²) in [6.07, 6.45) is 0.789. The molecular weight excluding hydrogens is 446 g/mol. The van der Waals surface area contributed by atoms with Gasteiger partial charge in [-0.3, -0.25) is 24.1 Å². The molecule has 0 radical (unpaired) electrons. The van der Waals surface area contributed by atoms with Crippen LogP contribution in [0.4, 0.5) is 5.69 Å². The number of amides is 4. The molecule has 1 aliphatic rings. The molecule has 0 fully saturated rings. The number of fused-ring (bicyclic) bond motifs is 1. The Labute approximate surface area is 202 Å². The van der Waals surface area contributed by atoms with Crippen molar-refractivity contribution < 1.29 is 23.9 Å². The number of carbonyl (C=O) groups excluding carboxylic acids is 4. The van der Waals surface area contributed by atoms with Gasteiger partial charge >= 0.3 is 0 Å². The Bertz CT molecular complexity index is 1280. The molecule has 3 aromatic carbocycles. The topological polar surface area (TPSA) is 105 Å². The first-order valence-corrected chi connectivity index (χ1v) is 11.2. The molecule has 2 N–H and O–H groups in total. The molecule has 0 atom stereocenters. The van der Waals surface area contributed by atoms with Crippen molar-refractivity contribution in [3.63, 3.8) is 0 Å². The van der Waals surface area contributed by atoms with E-state index in [-0.39, 0.29) is 29.8 Å². The lowest BCUT2D eigenvalue weighted by atomic mass is 10.1. The van der Waals surface area contributed by atoms with Crippen LogP contribution in [0.2, 0.25) is 0 Å². The highest BCUT2D eigenvalue weighted by Crippen LogP contribution is 2.27. The Morgan fingerprint density at radius 2 is 1.51 bits per heavy atom. The van der Waals surface area contributed by atoms with E-state index in [0.717, 1.165) is 11.3 Å². The molecule has 0 bridgehead atoms. The predicted molar refractivity (Wildman–Crippen MR) is 131 cm³/mol. The fraction of sp³-hybridized carbons (Fsp3) is 0.185. The smallest absolute Gasteiger partial charge is 0.261 e. The predicted octanol–water partition coefficient (Wildman–Crippen LogP) is 3.88. The van der Waals surface area contributed by atoms with Gasteiger partial charge in [-0.25, -0.2) is 0 Å². The normalized spacial score (nSPS) is 12.3. The van der Waals surface area contributed by atoms with Crippen LogP contribution in [-0.4, -0.2) is 42.2 Å². The van der Waals surface area contributed by atoms with Crippen LogP contribution in [0.25, 0.3) is 0 Å². The molecule has 8 nitrogen and oxygen atoms in total. The fourth-order valence-electron chi connectivity index (χ4n) is 3.91. The lowest BCUT2D eigenvalue weighted by Gasteiger charge is -2.16. The van der Waals surface area contributed by atoms with E-state index >= 15 is 0 Å². The standard InChI is InChI=1S/C27H25N3O5/c1-3-14-28-24(31)20-10-6-7-11-22(20)29-25(32)21-15-17(12-13-23(21)35-2)16-30-26(33)18-8-4-5-9-19(18)27(30)34/h4-13,15H,3,14,16H2,1-2H3,(H,28,31)(H,29,32). The quantitative estimate of drug-likeness (QED) is 0.485. The van der Waals surface area contributed by atoms with Crippen LogP contribution in [0.1, 0.15) is 60.3 Å². The molecule has 4 amide bonds. The number of nitrogens with zero attached hydrogens (tertiary/aromatic N) is 1. The maximum atomic E-state index is 13.2. The van der Waals surface area contributed by atoms with Gasteiger partial charge in [-0.2, -0.15) is 0 Å². The van der Waals surface area contributed by atoms with Crippen LogP contribution in [-0.2, 0) is 6.54 Å². The molecule has 0 saturated carbocycles. The summed E-state index contributed by atoms with van der Waals surface area (Å²) in [5.74, 6) is -1.20. The van der Waals surface area contributed by atoms with E-state index in [0.29, 0.717) is 40.2 Å². The van der Waals surface area contributed by atoms with E-state index in [1.807, 2.05) is 6.92 Å². The summed E-state index contributed by atoms with van der Waals surface area (Å²) >= 11 is 0. The van der Waals surface area contributed by atoms with Crippen molar-refractivity contribution in [2.24, 2.45) is 0 Å². The Morgan fingerprint density at radius 1 is 0.857 bits per heavy atom. The molecule has 1 heterocycles. The molecule has 0 aliphatic carbocycles. The molecule has 1 aliphatic heterocycles. The summed E-state index contributed by atoms with van der Waals surface area (Å²) < 4.78 is 5.37. The molecule has 0 aromatic heterocycles. The van der Waals surface area contributed by atoms with Gasteiger partial charge in [0.1, 0.15) is 5.75 Å². The second kappa shape index (κ2) is 10.2.